The number of rotatable bonds is 7. The molecule has 1 aliphatic rings. The highest BCUT2D eigenvalue weighted by Gasteiger charge is 2.32. The van der Waals surface area contributed by atoms with Crippen LogP contribution in [0.15, 0.2) is 18.2 Å². The van der Waals surface area contributed by atoms with Gasteiger partial charge in [0.1, 0.15) is 0 Å². The summed E-state index contributed by atoms with van der Waals surface area (Å²) >= 11 is 12.2. The molecule has 0 heterocycles. The van der Waals surface area contributed by atoms with E-state index >= 15 is 0 Å². The zero-order chi connectivity index (χ0) is 20.0. The Hall–Kier alpha value is -1.30. The average molecular weight is 415 g/mol. The van der Waals surface area contributed by atoms with Crippen molar-refractivity contribution < 1.29 is 14.5 Å². The highest BCUT2D eigenvalue weighted by molar-refractivity contribution is 6.39. The summed E-state index contributed by atoms with van der Waals surface area (Å²) in [6, 6.07) is 5.12. The van der Waals surface area contributed by atoms with Gasteiger partial charge in [-0.1, -0.05) is 48.5 Å². The third kappa shape index (κ3) is 5.84. The Morgan fingerprint density at radius 1 is 1.22 bits per heavy atom. The first-order valence-corrected chi connectivity index (χ1v) is 10.5. The van der Waals surface area contributed by atoms with Gasteiger partial charge >= 0.3 is 0 Å². The van der Waals surface area contributed by atoms with Crippen LogP contribution in [0.4, 0.5) is 5.69 Å². The van der Waals surface area contributed by atoms with Crippen molar-refractivity contribution in [1.29, 1.82) is 0 Å². The predicted molar refractivity (Wildman–Crippen MR) is 111 cm³/mol. The van der Waals surface area contributed by atoms with E-state index in [0.29, 0.717) is 28.3 Å². The molecule has 1 aliphatic carbocycles. The van der Waals surface area contributed by atoms with E-state index in [0.717, 1.165) is 17.7 Å². The van der Waals surface area contributed by atoms with Crippen LogP contribution in [0, 0.1) is 0 Å². The molecule has 0 saturated heterocycles. The summed E-state index contributed by atoms with van der Waals surface area (Å²) in [5.41, 5.74) is 0.412. The number of nitrogens with zero attached hydrogens (tertiary/aromatic N) is 1. The summed E-state index contributed by atoms with van der Waals surface area (Å²) in [5, 5.41) is 3.55. The minimum atomic E-state index is -0.292. The number of quaternary nitrogens is 1. The molecule has 1 aromatic rings. The highest BCUT2D eigenvalue weighted by atomic mass is 35.5. The van der Waals surface area contributed by atoms with Crippen molar-refractivity contribution in [2.24, 2.45) is 0 Å². The molecule has 1 aromatic carbocycles. The minimum Gasteiger partial charge on any atom is -0.335 e. The summed E-state index contributed by atoms with van der Waals surface area (Å²) in [6.45, 7) is 4.79. The molecule has 2 rings (SSSR count). The van der Waals surface area contributed by atoms with Crippen LogP contribution in [0.25, 0.3) is 0 Å². The number of anilines is 1. The van der Waals surface area contributed by atoms with Crippen molar-refractivity contribution in [1.82, 2.24) is 4.90 Å². The van der Waals surface area contributed by atoms with Crippen LogP contribution in [0.1, 0.15) is 46.0 Å². The third-order valence-corrected chi connectivity index (χ3v) is 6.05. The van der Waals surface area contributed by atoms with Crippen molar-refractivity contribution in [3.8, 4) is 0 Å². The van der Waals surface area contributed by atoms with Crippen LogP contribution in [0.2, 0.25) is 10.0 Å². The molecule has 2 amide bonds. The van der Waals surface area contributed by atoms with E-state index in [1.807, 2.05) is 25.8 Å². The summed E-state index contributed by atoms with van der Waals surface area (Å²) < 4.78 is 0. The van der Waals surface area contributed by atoms with Gasteiger partial charge in [-0.25, -0.2) is 0 Å². The minimum absolute atomic E-state index is 0.116. The molecular weight excluding hydrogens is 385 g/mol. The maximum absolute atomic E-state index is 13.0. The fraction of sp³-hybridized carbons (Fsp3) is 0.600. The third-order valence-electron chi connectivity index (χ3n) is 5.42. The number of likely N-dealkylation sites (N-methyl/N-ethyl adjacent to an activating group) is 2. The van der Waals surface area contributed by atoms with Crippen molar-refractivity contribution in [2.45, 2.75) is 58.0 Å². The molecule has 1 unspecified atom stereocenters. The first-order valence-electron chi connectivity index (χ1n) is 9.71. The quantitative estimate of drug-likeness (QED) is 0.720. The summed E-state index contributed by atoms with van der Waals surface area (Å²) in [7, 11) is 1.87. The lowest BCUT2D eigenvalue weighted by Crippen LogP contribution is -3.15. The smallest absolute Gasteiger partial charge is 0.280 e. The molecule has 1 saturated carbocycles. The van der Waals surface area contributed by atoms with Gasteiger partial charge in [-0.2, -0.15) is 0 Å². The Labute approximate surface area is 172 Å². The lowest BCUT2D eigenvalue weighted by molar-refractivity contribution is -0.886. The zero-order valence-electron chi connectivity index (χ0n) is 16.4. The van der Waals surface area contributed by atoms with E-state index in [-0.39, 0.29) is 24.4 Å². The van der Waals surface area contributed by atoms with Gasteiger partial charge in [0.05, 0.1) is 22.8 Å². The molecule has 0 spiro atoms. The molecule has 2 atom stereocenters. The van der Waals surface area contributed by atoms with Gasteiger partial charge < -0.3 is 15.1 Å². The predicted octanol–water partition coefficient (Wildman–Crippen LogP) is 3.02. The van der Waals surface area contributed by atoms with Crippen molar-refractivity contribution in [3.63, 3.8) is 0 Å². The van der Waals surface area contributed by atoms with Crippen LogP contribution < -0.4 is 10.2 Å². The molecule has 27 heavy (non-hydrogen) atoms. The van der Waals surface area contributed by atoms with Crippen LogP contribution in [-0.4, -0.2) is 48.9 Å². The topological polar surface area (TPSA) is 53.9 Å². The Morgan fingerprint density at radius 3 is 2.37 bits per heavy atom. The van der Waals surface area contributed by atoms with Gasteiger partial charge in [0.25, 0.3) is 11.8 Å². The largest absolute Gasteiger partial charge is 0.335 e. The Balaban J connectivity index is 1.96. The van der Waals surface area contributed by atoms with Crippen LogP contribution in [0.3, 0.4) is 0 Å². The molecule has 5 nitrogen and oxygen atoms in total. The number of halogens is 2. The fourth-order valence-corrected chi connectivity index (χ4v) is 4.15. The van der Waals surface area contributed by atoms with E-state index in [2.05, 4.69) is 5.32 Å². The second-order valence-electron chi connectivity index (χ2n) is 7.31. The van der Waals surface area contributed by atoms with E-state index in [4.69, 9.17) is 23.2 Å². The lowest BCUT2D eigenvalue weighted by Gasteiger charge is -2.35. The maximum atomic E-state index is 13.0. The van der Waals surface area contributed by atoms with Gasteiger partial charge in [0, 0.05) is 12.6 Å². The van der Waals surface area contributed by atoms with Gasteiger partial charge in [-0.15, -0.1) is 0 Å². The maximum Gasteiger partial charge on any atom is 0.280 e. The number of nitrogens with one attached hydrogen (secondary N) is 2. The molecule has 0 bridgehead atoms. The lowest BCUT2D eigenvalue weighted by atomic mass is 9.93. The number of carbonyl (C=O) groups is 2. The van der Waals surface area contributed by atoms with Gasteiger partial charge in [0.15, 0.2) is 12.6 Å². The standard InChI is InChI=1S/C20H29Cl2N3O2/c1-4-25(15-9-6-5-7-10-15)20(27)14(2)24(3)13-18(26)23-19-16(21)11-8-12-17(19)22/h8,11-12,14-15H,4-7,9-10,13H2,1-3H3,(H,23,26)/p+1/t14-/m0/s1. The van der Waals surface area contributed by atoms with Gasteiger partial charge in [0.2, 0.25) is 0 Å². The fourth-order valence-electron chi connectivity index (χ4n) is 3.65. The van der Waals surface area contributed by atoms with Crippen LogP contribution in [-0.2, 0) is 9.59 Å². The number of para-hydroxylation sites is 1. The van der Waals surface area contributed by atoms with E-state index in [1.54, 1.807) is 18.2 Å². The summed E-state index contributed by atoms with van der Waals surface area (Å²) in [5.74, 6) is -0.103. The monoisotopic (exact) mass is 414 g/mol. The van der Waals surface area contributed by atoms with E-state index in [1.165, 1.54) is 19.3 Å². The summed E-state index contributed by atoms with van der Waals surface area (Å²) in [6.07, 6.45) is 5.79. The number of carbonyl (C=O) groups excluding carboxylic acids is 2. The Bertz CT molecular complexity index is 642. The molecule has 150 valence electrons. The average Bonchev–Trinajstić information content (AvgIpc) is 2.65. The molecular formula is C20H30Cl2N3O2+. The van der Waals surface area contributed by atoms with Crippen molar-refractivity contribution in [3.05, 3.63) is 28.2 Å². The molecule has 2 N–H and O–H groups in total. The van der Waals surface area contributed by atoms with Gasteiger partial charge in [-0.3, -0.25) is 9.59 Å². The van der Waals surface area contributed by atoms with Crippen molar-refractivity contribution in [2.75, 3.05) is 25.5 Å². The molecule has 0 aromatic heterocycles. The summed E-state index contributed by atoms with van der Waals surface area (Å²) in [4.78, 5) is 28.3. The van der Waals surface area contributed by atoms with Gasteiger partial charge in [-0.05, 0) is 38.8 Å². The highest BCUT2D eigenvalue weighted by Crippen LogP contribution is 2.29. The Kier molecular flexibility index (Phi) is 8.39. The molecule has 0 radical (unpaired) electrons. The molecule has 0 aliphatic heterocycles. The van der Waals surface area contributed by atoms with E-state index in [9.17, 15) is 9.59 Å². The number of benzene rings is 1. The second kappa shape index (κ2) is 10.3. The first kappa shape index (κ1) is 22.0. The van der Waals surface area contributed by atoms with Crippen molar-refractivity contribution >= 4 is 40.7 Å². The van der Waals surface area contributed by atoms with E-state index < -0.39 is 0 Å². The molecule has 7 heteroatoms. The SMILES string of the molecule is CCN(C(=O)[C@H](C)[NH+](C)CC(=O)Nc1c(Cl)cccc1Cl)C1CCCCC1. The first-order chi connectivity index (χ1) is 12.8. The molecule has 1 fully saturated rings. The number of hydrogen-bond donors (Lipinski definition) is 2. The number of amides is 2. The van der Waals surface area contributed by atoms with Crippen LogP contribution >= 0.6 is 23.2 Å². The van der Waals surface area contributed by atoms with Crippen LogP contribution in [0.5, 0.6) is 0 Å². The number of hydrogen-bond acceptors (Lipinski definition) is 2. The second-order valence-corrected chi connectivity index (χ2v) is 8.12. The normalized spacial score (nSPS) is 17.2. The zero-order valence-corrected chi connectivity index (χ0v) is 17.9. The Morgan fingerprint density at radius 2 is 1.81 bits per heavy atom.